The van der Waals surface area contributed by atoms with E-state index in [0.717, 1.165) is 30.0 Å². The Morgan fingerprint density at radius 3 is 2.72 bits per heavy atom. The van der Waals surface area contributed by atoms with Crippen molar-refractivity contribution in [3.63, 3.8) is 0 Å². The number of nitrogens with one attached hydrogen (secondary N) is 1. The van der Waals surface area contributed by atoms with Gasteiger partial charge in [0.15, 0.2) is 0 Å². The highest BCUT2D eigenvalue weighted by Crippen LogP contribution is 2.25. The van der Waals surface area contributed by atoms with E-state index in [1.807, 2.05) is 6.20 Å². The van der Waals surface area contributed by atoms with Gasteiger partial charge in [0.2, 0.25) is 0 Å². The number of para-hydroxylation sites is 1. The first-order valence-electron chi connectivity index (χ1n) is 8.47. The van der Waals surface area contributed by atoms with Crippen LogP contribution in [0.25, 0.3) is 0 Å². The molecule has 0 radical (unpaired) electrons. The lowest BCUT2D eigenvalue weighted by atomic mass is 10.0. The number of aryl methyl sites for hydroxylation is 2. The average molecular weight is 353 g/mol. The van der Waals surface area contributed by atoms with Crippen LogP contribution in [0.5, 0.6) is 5.75 Å². The third kappa shape index (κ3) is 4.47. The van der Waals surface area contributed by atoms with Gasteiger partial charge in [-0.3, -0.25) is 4.98 Å². The molecule has 25 heavy (non-hydrogen) atoms. The molecule has 1 aromatic carbocycles. The van der Waals surface area contributed by atoms with Crippen LogP contribution in [0.4, 0.5) is 0 Å². The molecule has 4 heteroatoms. The topological polar surface area (TPSA) is 34.1 Å². The zero-order chi connectivity index (χ0) is 17.6. The summed E-state index contributed by atoms with van der Waals surface area (Å²) >= 11 is 1.73. The molecule has 3 aromatic rings. The molecule has 0 amide bonds. The van der Waals surface area contributed by atoms with Crippen LogP contribution in [0, 0.1) is 13.8 Å². The van der Waals surface area contributed by atoms with Gasteiger partial charge in [-0.05, 0) is 59.9 Å². The third-order valence-corrected chi connectivity index (χ3v) is 5.08. The lowest BCUT2D eigenvalue weighted by Gasteiger charge is -2.20. The molecule has 0 aliphatic carbocycles. The summed E-state index contributed by atoms with van der Waals surface area (Å²) in [5.41, 5.74) is 5.91. The maximum atomic E-state index is 5.58. The van der Waals surface area contributed by atoms with Crippen molar-refractivity contribution in [2.24, 2.45) is 0 Å². The fourth-order valence-electron chi connectivity index (χ4n) is 2.99. The molecule has 0 saturated carbocycles. The Hall–Kier alpha value is -2.17. The highest BCUT2D eigenvalue weighted by Gasteiger charge is 2.15. The minimum absolute atomic E-state index is 0.167. The van der Waals surface area contributed by atoms with Gasteiger partial charge in [0, 0.05) is 18.3 Å². The van der Waals surface area contributed by atoms with Crippen molar-refractivity contribution in [2.75, 3.05) is 7.11 Å². The zero-order valence-electron chi connectivity index (χ0n) is 15.0. The van der Waals surface area contributed by atoms with E-state index in [1.54, 1.807) is 18.4 Å². The summed E-state index contributed by atoms with van der Waals surface area (Å²) in [5.74, 6) is 0.959. The molecule has 0 fully saturated rings. The summed E-state index contributed by atoms with van der Waals surface area (Å²) in [6.45, 7) is 4.89. The lowest BCUT2D eigenvalue weighted by Crippen LogP contribution is -2.24. The first kappa shape index (κ1) is 17.6. The number of hydrogen-bond acceptors (Lipinski definition) is 4. The van der Waals surface area contributed by atoms with E-state index in [1.165, 1.54) is 16.7 Å². The molecule has 0 saturated heterocycles. The number of benzene rings is 1. The second kappa shape index (κ2) is 8.28. The quantitative estimate of drug-likeness (QED) is 0.660. The van der Waals surface area contributed by atoms with E-state index in [-0.39, 0.29) is 6.04 Å². The van der Waals surface area contributed by atoms with Crippen LogP contribution in [-0.4, -0.2) is 12.1 Å². The second-order valence-corrected chi connectivity index (χ2v) is 7.08. The Bertz CT molecular complexity index is 797. The predicted molar refractivity (Wildman–Crippen MR) is 104 cm³/mol. The average Bonchev–Trinajstić information content (AvgIpc) is 3.12. The van der Waals surface area contributed by atoms with E-state index in [9.17, 15) is 0 Å². The Kier molecular flexibility index (Phi) is 5.84. The first-order valence-corrected chi connectivity index (χ1v) is 9.41. The number of aromatic nitrogens is 1. The maximum absolute atomic E-state index is 5.58. The molecule has 1 unspecified atom stereocenters. The minimum Gasteiger partial charge on any atom is -0.496 e. The molecule has 130 valence electrons. The van der Waals surface area contributed by atoms with Gasteiger partial charge in [-0.25, -0.2) is 0 Å². The smallest absolute Gasteiger partial charge is 0.126 e. The number of nitrogens with zero attached hydrogens (tertiary/aromatic N) is 1. The molecule has 2 aromatic heterocycles. The molecule has 0 bridgehead atoms. The summed E-state index contributed by atoms with van der Waals surface area (Å²) in [4.78, 5) is 4.64. The molecule has 3 rings (SSSR count). The standard InChI is InChI=1S/C21H24N2OS/c1-15-7-8-19(22-12-15)20(11-17-9-10-25-14-17)23-13-18-6-4-5-16(2)21(18)24-3/h4-10,12,14,20,23H,11,13H2,1-3H3. The number of hydrogen-bond donors (Lipinski definition) is 1. The largest absolute Gasteiger partial charge is 0.496 e. The van der Waals surface area contributed by atoms with Crippen molar-refractivity contribution in [3.05, 3.63) is 81.3 Å². The highest BCUT2D eigenvalue weighted by molar-refractivity contribution is 7.07. The molecule has 0 aliphatic rings. The van der Waals surface area contributed by atoms with Crippen molar-refractivity contribution in [2.45, 2.75) is 32.9 Å². The number of ether oxygens (including phenoxy) is 1. The van der Waals surface area contributed by atoms with E-state index >= 15 is 0 Å². The maximum Gasteiger partial charge on any atom is 0.126 e. The summed E-state index contributed by atoms with van der Waals surface area (Å²) in [6.07, 6.45) is 2.86. The van der Waals surface area contributed by atoms with Gasteiger partial charge in [0.1, 0.15) is 5.75 Å². The van der Waals surface area contributed by atoms with Crippen LogP contribution < -0.4 is 10.1 Å². The Labute approximate surface area is 153 Å². The zero-order valence-corrected chi connectivity index (χ0v) is 15.8. The van der Waals surface area contributed by atoms with Crippen LogP contribution in [0.3, 0.4) is 0 Å². The fraction of sp³-hybridized carbons (Fsp3) is 0.286. The van der Waals surface area contributed by atoms with Crippen LogP contribution >= 0.6 is 11.3 Å². The van der Waals surface area contributed by atoms with Gasteiger partial charge in [0.25, 0.3) is 0 Å². The Morgan fingerprint density at radius 2 is 2.04 bits per heavy atom. The van der Waals surface area contributed by atoms with Gasteiger partial charge >= 0.3 is 0 Å². The van der Waals surface area contributed by atoms with Gasteiger partial charge in [-0.1, -0.05) is 24.3 Å². The van der Waals surface area contributed by atoms with E-state index in [0.29, 0.717) is 0 Å². The van der Waals surface area contributed by atoms with Crippen molar-refractivity contribution in [3.8, 4) is 5.75 Å². The molecule has 1 N–H and O–H groups in total. The van der Waals surface area contributed by atoms with Gasteiger partial charge < -0.3 is 10.1 Å². The van der Waals surface area contributed by atoms with Crippen molar-refractivity contribution in [1.82, 2.24) is 10.3 Å². The fourth-order valence-corrected chi connectivity index (χ4v) is 3.67. The van der Waals surface area contributed by atoms with E-state index in [2.05, 4.69) is 71.3 Å². The Balaban J connectivity index is 1.80. The van der Waals surface area contributed by atoms with Gasteiger partial charge in [-0.15, -0.1) is 0 Å². The number of pyridine rings is 1. The molecule has 0 spiro atoms. The molecule has 3 nitrogen and oxygen atoms in total. The van der Waals surface area contributed by atoms with Gasteiger partial charge in [0.05, 0.1) is 18.8 Å². The van der Waals surface area contributed by atoms with Crippen LogP contribution in [0.1, 0.15) is 34.0 Å². The summed E-state index contributed by atoms with van der Waals surface area (Å²) in [7, 11) is 1.73. The molecular formula is C21H24N2OS. The normalized spacial score (nSPS) is 12.1. The number of thiophene rings is 1. The van der Waals surface area contributed by atoms with Gasteiger partial charge in [-0.2, -0.15) is 11.3 Å². The van der Waals surface area contributed by atoms with Crippen molar-refractivity contribution >= 4 is 11.3 Å². The van der Waals surface area contributed by atoms with E-state index < -0.39 is 0 Å². The monoisotopic (exact) mass is 352 g/mol. The van der Waals surface area contributed by atoms with E-state index in [4.69, 9.17) is 4.74 Å². The van der Waals surface area contributed by atoms with Crippen LogP contribution in [0.2, 0.25) is 0 Å². The third-order valence-electron chi connectivity index (χ3n) is 4.35. The number of methoxy groups -OCH3 is 1. The van der Waals surface area contributed by atoms with Crippen molar-refractivity contribution < 1.29 is 4.74 Å². The molecule has 0 aliphatic heterocycles. The lowest BCUT2D eigenvalue weighted by molar-refractivity contribution is 0.401. The highest BCUT2D eigenvalue weighted by atomic mass is 32.1. The predicted octanol–water partition coefficient (Wildman–Crippen LogP) is 4.84. The number of rotatable bonds is 7. The van der Waals surface area contributed by atoms with Crippen LogP contribution in [0.15, 0.2) is 53.4 Å². The summed E-state index contributed by atoms with van der Waals surface area (Å²) in [5, 5.41) is 8.00. The SMILES string of the molecule is COc1c(C)cccc1CNC(Cc1ccsc1)c1ccc(C)cn1. The summed E-state index contributed by atoms with van der Waals surface area (Å²) < 4.78 is 5.58. The van der Waals surface area contributed by atoms with Crippen LogP contribution in [-0.2, 0) is 13.0 Å². The molecule has 2 heterocycles. The molecule has 1 atom stereocenters. The second-order valence-electron chi connectivity index (χ2n) is 6.30. The minimum atomic E-state index is 0.167. The van der Waals surface area contributed by atoms with Crippen molar-refractivity contribution in [1.29, 1.82) is 0 Å². The summed E-state index contributed by atoms with van der Waals surface area (Å²) in [6, 6.07) is 12.9. The first-order chi connectivity index (χ1) is 12.2. The Morgan fingerprint density at radius 1 is 1.16 bits per heavy atom. The molecular weight excluding hydrogens is 328 g/mol.